The SMILES string of the molecule is C=CCc1c(C)nc2sc(C(=O)Nc3ccc(N=O)cc3)c(N)c2c1C. The highest BCUT2D eigenvalue weighted by Gasteiger charge is 2.21. The van der Waals surface area contributed by atoms with E-state index < -0.39 is 0 Å². The molecule has 1 aromatic carbocycles. The maximum Gasteiger partial charge on any atom is 0.267 e. The Bertz CT molecular complexity index is 1020. The molecule has 3 N–H and O–H groups in total. The number of nitrogens with one attached hydrogen (secondary N) is 1. The molecule has 1 amide bonds. The number of anilines is 2. The van der Waals surface area contributed by atoms with Crippen molar-refractivity contribution in [2.45, 2.75) is 20.3 Å². The zero-order valence-electron chi connectivity index (χ0n) is 14.5. The van der Waals surface area contributed by atoms with Crippen LogP contribution in [0, 0.1) is 18.8 Å². The number of amides is 1. The summed E-state index contributed by atoms with van der Waals surface area (Å²) >= 11 is 1.27. The van der Waals surface area contributed by atoms with Crippen LogP contribution < -0.4 is 11.1 Å². The highest BCUT2D eigenvalue weighted by atomic mass is 32.1. The number of nitrogen functional groups attached to an aromatic ring is 1. The number of fused-ring (bicyclic) bond motifs is 1. The molecule has 3 rings (SSSR count). The summed E-state index contributed by atoms with van der Waals surface area (Å²) in [4.78, 5) is 28.9. The van der Waals surface area contributed by atoms with Gasteiger partial charge in [0.05, 0.1) is 5.69 Å². The van der Waals surface area contributed by atoms with Gasteiger partial charge >= 0.3 is 0 Å². The lowest BCUT2D eigenvalue weighted by Crippen LogP contribution is -2.11. The molecule has 0 saturated carbocycles. The number of allylic oxidation sites excluding steroid dienone is 1. The quantitative estimate of drug-likeness (QED) is 0.497. The van der Waals surface area contributed by atoms with Crippen molar-refractivity contribution in [2.75, 3.05) is 11.1 Å². The molecule has 0 aliphatic heterocycles. The van der Waals surface area contributed by atoms with Crippen LogP contribution >= 0.6 is 11.3 Å². The van der Waals surface area contributed by atoms with Gasteiger partial charge in [0.1, 0.15) is 15.4 Å². The summed E-state index contributed by atoms with van der Waals surface area (Å²) in [5, 5.41) is 6.45. The highest BCUT2D eigenvalue weighted by Crippen LogP contribution is 2.37. The molecule has 26 heavy (non-hydrogen) atoms. The van der Waals surface area contributed by atoms with Crippen LogP contribution in [-0.2, 0) is 6.42 Å². The first-order chi connectivity index (χ1) is 12.5. The summed E-state index contributed by atoms with van der Waals surface area (Å²) in [6.45, 7) is 7.73. The van der Waals surface area contributed by atoms with Crippen molar-refractivity contribution in [3.8, 4) is 0 Å². The zero-order chi connectivity index (χ0) is 18.8. The minimum absolute atomic E-state index is 0.300. The van der Waals surface area contributed by atoms with E-state index in [4.69, 9.17) is 5.73 Å². The van der Waals surface area contributed by atoms with Crippen LogP contribution in [0.25, 0.3) is 10.2 Å². The van der Waals surface area contributed by atoms with Crippen LogP contribution in [-0.4, -0.2) is 10.9 Å². The second kappa shape index (κ2) is 7.05. The van der Waals surface area contributed by atoms with E-state index in [0.717, 1.165) is 27.0 Å². The first-order valence-corrected chi connectivity index (χ1v) is 8.81. The Morgan fingerprint density at radius 3 is 2.65 bits per heavy atom. The summed E-state index contributed by atoms with van der Waals surface area (Å²) < 4.78 is 0. The van der Waals surface area contributed by atoms with Crippen molar-refractivity contribution in [2.24, 2.45) is 5.18 Å². The average Bonchev–Trinajstić information content (AvgIpc) is 2.95. The Hall–Kier alpha value is -3.06. The highest BCUT2D eigenvalue weighted by molar-refractivity contribution is 7.21. The first-order valence-electron chi connectivity index (χ1n) is 8.00. The lowest BCUT2D eigenvalue weighted by atomic mass is 10.0. The van der Waals surface area contributed by atoms with E-state index >= 15 is 0 Å². The molecule has 0 aliphatic rings. The van der Waals surface area contributed by atoms with E-state index in [1.165, 1.54) is 23.5 Å². The monoisotopic (exact) mass is 366 g/mol. The Kier molecular flexibility index (Phi) is 4.81. The number of carbonyl (C=O) groups is 1. The number of hydrogen-bond donors (Lipinski definition) is 2. The lowest BCUT2D eigenvalue weighted by molar-refractivity contribution is 0.103. The summed E-state index contributed by atoms with van der Waals surface area (Å²) in [5.74, 6) is -0.306. The standard InChI is InChI=1S/C19H18N4O2S/c1-4-5-14-10(2)15-16(20)17(26-19(15)21-11(14)3)18(24)22-12-6-8-13(23-25)9-7-12/h4,6-9H,1,5,20H2,2-3H3,(H,22,24). The van der Waals surface area contributed by atoms with Gasteiger partial charge in [0, 0.05) is 16.8 Å². The molecule has 2 aromatic heterocycles. The van der Waals surface area contributed by atoms with Crippen LogP contribution in [0.15, 0.2) is 42.1 Å². The molecule has 0 atom stereocenters. The number of pyridine rings is 1. The van der Waals surface area contributed by atoms with Gasteiger partial charge in [-0.2, -0.15) is 0 Å². The Balaban J connectivity index is 2.00. The predicted octanol–water partition coefficient (Wildman–Crippen LogP) is 4.87. The van der Waals surface area contributed by atoms with Gasteiger partial charge in [-0.3, -0.25) is 4.79 Å². The second-order valence-corrected chi connectivity index (χ2v) is 6.91. The van der Waals surface area contributed by atoms with Crippen molar-refractivity contribution < 1.29 is 4.79 Å². The minimum Gasteiger partial charge on any atom is -0.397 e. The number of thiophene rings is 1. The third kappa shape index (κ3) is 3.09. The van der Waals surface area contributed by atoms with Crippen molar-refractivity contribution in [1.29, 1.82) is 0 Å². The van der Waals surface area contributed by atoms with E-state index in [2.05, 4.69) is 22.1 Å². The van der Waals surface area contributed by atoms with Crippen molar-refractivity contribution in [3.05, 3.63) is 63.5 Å². The van der Waals surface area contributed by atoms with Gasteiger partial charge in [0.25, 0.3) is 5.91 Å². The summed E-state index contributed by atoms with van der Waals surface area (Å²) in [7, 11) is 0. The van der Waals surface area contributed by atoms with Gasteiger partial charge in [-0.1, -0.05) is 6.08 Å². The molecular weight excluding hydrogens is 348 g/mol. The molecule has 6 nitrogen and oxygen atoms in total. The minimum atomic E-state index is -0.306. The van der Waals surface area contributed by atoms with Gasteiger partial charge in [0.15, 0.2) is 0 Å². The Labute approximate surface area is 154 Å². The summed E-state index contributed by atoms with van der Waals surface area (Å²) in [6, 6.07) is 6.31. The number of benzene rings is 1. The van der Waals surface area contributed by atoms with E-state index in [9.17, 15) is 9.70 Å². The number of aryl methyl sites for hydroxylation is 2. The van der Waals surface area contributed by atoms with Crippen LogP contribution in [0.4, 0.5) is 17.1 Å². The van der Waals surface area contributed by atoms with Crippen molar-refractivity contribution in [1.82, 2.24) is 4.98 Å². The molecule has 2 heterocycles. The molecular formula is C19H18N4O2S. The van der Waals surface area contributed by atoms with E-state index in [0.29, 0.717) is 28.4 Å². The van der Waals surface area contributed by atoms with Gasteiger partial charge in [-0.15, -0.1) is 22.8 Å². The van der Waals surface area contributed by atoms with Crippen LogP contribution in [0.2, 0.25) is 0 Å². The second-order valence-electron chi connectivity index (χ2n) is 5.91. The Morgan fingerprint density at radius 2 is 2.04 bits per heavy atom. The molecule has 0 radical (unpaired) electrons. The molecule has 0 bridgehead atoms. The van der Waals surface area contributed by atoms with E-state index in [1.807, 2.05) is 19.9 Å². The van der Waals surface area contributed by atoms with Crippen LogP contribution in [0.3, 0.4) is 0 Å². The molecule has 132 valence electrons. The van der Waals surface area contributed by atoms with Crippen LogP contribution in [0.5, 0.6) is 0 Å². The number of nitrogens with two attached hydrogens (primary N) is 1. The Morgan fingerprint density at radius 1 is 1.35 bits per heavy atom. The number of nitrogens with zero attached hydrogens (tertiary/aromatic N) is 2. The molecule has 3 aromatic rings. The third-order valence-electron chi connectivity index (χ3n) is 4.25. The van der Waals surface area contributed by atoms with Gasteiger partial charge < -0.3 is 11.1 Å². The van der Waals surface area contributed by atoms with E-state index in [-0.39, 0.29) is 5.91 Å². The normalized spacial score (nSPS) is 10.7. The fourth-order valence-electron chi connectivity index (χ4n) is 2.92. The molecule has 0 unspecified atom stereocenters. The van der Waals surface area contributed by atoms with Gasteiger partial charge in [-0.05, 0) is 60.8 Å². The zero-order valence-corrected chi connectivity index (χ0v) is 15.3. The number of rotatable bonds is 5. The number of aromatic nitrogens is 1. The maximum absolute atomic E-state index is 12.7. The average molecular weight is 366 g/mol. The summed E-state index contributed by atoms with van der Waals surface area (Å²) in [6.07, 6.45) is 2.53. The van der Waals surface area contributed by atoms with Crippen molar-refractivity contribution >= 4 is 44.5 Å². The van der Waals surface area contributed by atoms with Gasteiger partial charge in [0.2, 0.25) is 0 Å². The molecule has 0 saturated heterocycles. The van der Waals surface area contributed by atoms with E-state index in [1.54, 1.807) is 12.1 Å². The number of carbonyl (C=O) groups excluding carboxylic acids is 1. The number of hydrogen-bond acceptors (Lipinski definition) is 6. The lowest BCUT2D eigenvalue weighted by Gasteiger charge is -2.09. The van der Waals surface area contributed by atoms with Gasteiger partial charge in [-0.25, -0.2) is 4.98 Å². The number of nitroso groups, excluding NO2 is 1. The van der Waals surface area contributed by atoms with Crippen molar-refractivity contribution in [3.63, 3.8) is 0 Å². The fourth-order valence-corrected chi connectivity index (χ4v) is 4.02. The molecule has 0 fully saturated rings. The largest absolute Gasteiger partial charge is 0.397 e. The molecule has 0 aliphatic carbocycles. The van der Waals surface area contributed by atoms with Crippen LogP contribution in [0.1, 0.15) is 26.5 Å². The first kappa shape index (κ1) is 17.8. The fraction of sp³-hybridized carbons (Fsp3) is 0.158. The third-order valence-corrected chi connectivity index (χ3v) is 5.34. The topological polar surface area (TPSA) is 97.4 Å². The maximum atomic E-state index is 12.7. The molecule has 0 spiro atoms. The smallest absolute Gasteiger partial charge is 0.267 e. The predicted molar refractivity (Wildman–Crippen MR) is 107 cm³/mol. The molecule has 7 heteroatoms. The summed E-state index contributed by atoms with van der Waals surface area (Å²) in [5.41, 5.74) is 10.6.